The van der Waals surface area contributed by atoms with Gasteiger partial charge < -0.3 is 77.8 Å². The standard InChI is InChI=1S/C27H55N7O12/c1-27(42)11-44-25(21(40)24(27)31-2)46-22-14(33-26(41)34(3,43)7-6-29)8-13(30)16(18(22)37)23-20(39)19(38)17(36)15(45-23)10-32-9-12(35)4-5-28/h12-25,31-32,35-40,42-43H,4-11,28-30H2,1-3H3/p+1. The molecule has 2 heterocycles. The van der Waals surface area contributed by atoms with Crippen molar-refractivity contribution in [2.24, 2.45) is 23.1 Å². The fourth-order valence-corrected chi connectivity index (χ4v) is 6.57. The van der Waals surface area contributed by atoms with E-state index in [1.165, 1.54) is 21.0 Å². The number of quaternary nitrogens is 1. The second kappa shape index (κ2) is 16.5. The number of nitrogens with zero attached hydrogens (tertiary/aromatic N) is 1. The summed E-state index contributed by atoms with van der Waals surface area (Å²) in [6, 6.07) is -3.84. The summed E-state index contributed by atoms with van der Waals surface area (Å²) < 4.78 is 16.6. The molecule has 0 bridgehead atoms. The summed E-state index contributed by atoms with van der Waals surface area (Å²) in [5.74, 6) is -1.15. The molecule has 46 heavy (non-hydrogen) atoms. The van der Waals surface area contributed by atoms with Gasteiger partial charge in [-0.05, 0) is 33.4 Å². The number of likely N-dealkylation sites (N-methyl/N-ethyl adjacent to an activating group) is 2. The van der Waals surface area contributed by atoms with Crippen molar-refractivity contribution in [3.8, 4) is 0 Å². The Hall–Kier alpha value is -1.21. The first-order valence-electron chi connectivity index (χ1n) is 15.7. The van der Waals surface area contributed by atoms with E-state index in [4.69, 9.17) is 31.4 Å². The van der Waals surface area contributed by atoms with Gasteiger partial charge in [0.15, 0.2) is 6.29 Å². The van der Waals surface area contributed by atoms with E-state index in [0.717, 1.165) is 0 Å². The van der Waals surface area contributed by atoms with Crippen LogP contribution >= 0.6 is 0 Å². The third kappa shape index (κ3) is 8.87. The van der Waals surface area contributed by atoms with Crippen LogP contribution in [0.2, 0.25) is 0 Å². The van der Waals surface area contributed by atoms with Crippen molar-refractivity contribution >= 4 is 6.03 Å². The van der Waals surface area contributed by atoms with Gasteiger partial charge >= 0.3 is 6.03 Å². The van der Waals surface area contributed by atoms with Crippen LogP contribution in [0.1, 0.15) is 19.8 Å². The first-order chi connectivity index (χ1) is 21.5. The highest BCUT2D eigenvalue weighted by Crippen LogP contribution is 2.37. The molecule has 3 aliphatic rings. The van der Waals surface area contributed by atoms with Gasteiger partial charge in [-0.15, -0.1) is 4.65 Å². The molecule has 0 radical (unpaired) electrons. The van der Waals surface area contributed by atoms with Crippen LogP contribution in [0, 0.1) is 5.92 Å². The molecular formula is C27H56N7O12+. The van der Waals surface area contributed by atoms with Crippen LogP contribution in [0.3, 0.4) is 0 Å². The van der Waals surface area contributed by atoms with E-state index in [-0.39, 0.29) is 45.8 Å². The average Bonchev–Trinajstić information content (AvgIpc) is 2.97. The molecule has 0 aromatic rings. The minimum absolute atomic E-state index is 0.0181. The fourth-order valence-electron chi connectivity index (χ4n) is 6.57. The van der Waals surface area contributed by atoms with Crippen molar-refractivity contribution in [2.45, 2.75) is 105 Å². The zero-order chi connectivity index (χ0) is 34.6. The molecule has 17 N–H and O–H groups in total. The predicted molar refractivity (Wildman–Crippen MR) is 160 cm³/mol. The third-order valence-corrected chi connectivity index (χ3v) is 9.25. The second-order valence-corrected chi connectivity index (χ2v) is 13.1. The Labute approximate surface area is 268 Å². The SMILES string of the molecule is CNC1C(O)C(OC2C(NC(=O)[N+](C)(O)CCN)CC(N)C(C3OC(CNCC(O)CCN)C(O)C(O)C3O)C2O)OCC1(C)O. The lowest BCUT2D eigenvalue weighted by atomic mass is 9.72. The van der Waals surface area contributed by atoms with Gasteiger partial charge in [-0.25, -0.2) is 10.0 Å². The number of ether oxygens (including phenoxy) is 3. The van der Waals surface area contributed by atoms with Crippen molar-refractivity contribution in [2.75, 3.05) is 53.4 Å². The maximum Gasteiger partial charge on any atom is 0.449 e. The summed E-state index contributed by atoms with van der Waals surface area (Å²) >= 11 is 0. The Kier molecular flexibility index (Phi) is 14.0. The van der Waals surface area contributed by atoms with E-state index in [1.807, 2.05) is 0 Å². The van der Waals surface area contributed by atoms with Crippen LogP contribution in [0.25, 0.3) is 0 Å². The quantitative estimate of drug-likeness (QED) is 0.0492. The number of hydroxylamine groups is 3. The van der Waals surface area contributed by atoms with Gasteiger partial charge in [0.25, 0.3) is 0 Å². The van der Waals surface area contributed by atoms with Crippen LogP contribution in [0.4, 0.5) is 4.79 Å². The Balaban J connectivity index is 1.88. The number of rotatable bonds is 13. The predicted octanol–water partition coefficient (Wildman–Crippen LogP) is -6.84. The number of hydrogen-bond acceptors (Lipinski definition) is 17. The Morgan fingerprint density at radius 3 is 2.37 bits per heavy atom. The number of nitrogens with one attached hydrogen (secondary N) is 3. The zero-order valence-electron chi connectivity index (χ0n) is 26.6. The molecule has 19 nitrogen and oxygen atoms in total. The van der Waals surface area contributed by atoms with Gasteiger partial charge in [-0.2, -0.15) is 0 Å². The van der Waals surface area contributed by atoms with Crippen LogP contribution in [0.5, 0.6) is 0 Å². The summed E-state index contributed by atoms with van der Waals surface area (Å²) in [7, 11) is 2.75. The second-order valence-electron chi connectivity index (χ2n) is 13.1. The molecule has 16 atom stereocenters. The maximum absolute atomic E-state index is 13.1. The fraction of sp³-hybridized carbons (Fsp3) is 0.963. The lowest BCUT2D eigenvalue weighted by molar-refractivity contribution is -1.02. The molecule has 1 saturated carbocycles. The largest absolute Gasteiger partial charge is 0.449 e. The van der Waals surface area contributed by atoms with Gasteiger partial charge in [0.1, 0.15) is 49.7 Å². The van der Waals surface area contributed by atoms with E-state index in [9.17, 15) is 45.7 Å². The van der Waals surface area contributed by atoms with Crippen molar-refractivity contribution in [3.05, 3.63) is 0 Å². The Bertz CT molecular complexity index is 970. The molecule has 2 saturated heterocycles. The van der Waals surface area contributed by atoms with E-state index < -0.39 is 102 Å². The monoisotopic (exact) mass is 670 g/mol. The van der Waals surface area contributed by atoms with Gasteiger partial charge in [-0.1, -0.05) is 0 Å². The summed E-state index contributed by atoms with van der Waals surface area (Å²) in [5, 5.41) is 94.9. The van der Waals surface area contributed by atoms with Crippen molar-refractivity contribution in [3.63, 3.8) is 0 Å². The van der Waals surface area contributed by atoms with Gasteiger partial charge in [-0.3, -0.25) is 5.32 Å². The van der Waals surface area contributed by atoms with Crippen LogP contribution in [0.15, 0.2) is 0 Å². The number of urea groups is 1. The highest BCUT2D eigenvalue weighted by atomic mass is 16.7. The number of amides is 2. The zero-order valence-corrected chi connectivity index (χ0v) is 26.6. The van der Waals surface area contributed by atoms with Crippen molar-refractivity contribution in [1.29, 1.82) is 0 Å². The molecule has 16 unspecified atom stereocenters. The van der Waals surface area contributed by atoms with Crippen LogP contribution in [-0.2, 0) is 14.2 Å². The molecule has 3 fully saturated rings. The molecule has 0 aromatic carbocycles. The van der Waals surface area contributed by atoms with Crippen molar-refractivity contribution in [1.82, 2.24) is 16.0 Å². The molecule has 0 aromatic heterocycles. The number of carbonyl (C=O) groups excluding carboxylic acids is 1. The first kappa shape index (κ1) is 39.2. The van der Waals surface area contributed by atoms with E-state index in [0.29, 0.717) is 6.42 Å². The molecule has 19 heteroatoms. The molecule has 2 aliphatic heterocycles. The third-order valence-electron chi connectivity index (χ3n) is 9.25. The minimum atomic E-state index is -1.70. The van der Waals surface area contributed by atoms with E-state index in [1.54, 1.807) is 0 Å². The molecule has 0 spiro atoms. The molecule has 3 rings (SSSR count). The summed E-state index contributed by atoms with van der Waals surface area (Å²) in [6.45, 7) is 1.40. The summed E-state index contributed by atoms with van der Waals surface area (Å²) in [4.78, 5) is 13.1. The lowest BCUT2D eigenvalue weighted by Crippen LogP contribution is -2.71. The number of aliphatic hydroxyl groups is 7. The normalized spacial score (nSPS) is 43.9. The highest BCUT2D eigenvalue weighted by Gasteiger charge is 2.56. The smallest absolute Gasteiger partial charge is 0.392 e. The molecule has 1 aliphatic carbocycles. The number of nitrogens with two attached hydrogens (primary N) is 3. The van der Waals surface area contributed by atoms with Gasteiger partial charge in [0.2, 0.25) is 0 Å². The number of hydrogen-bond donors (Lipinski definition) is 14. The average molecular weight is 671 g/mol. The Morgan fingerprint density at radius 1 is 1.09 bits per heavy atom. The maximum atomic E-state index is 13.1. The Morgan fingerprint density at radius 2 is 1.76 bits per heavy atom. The minimum Gasteiger partial charge on any atom is -0.392 e. The van der Waals surface area contributed by atoms with Crippen LogP contribution in [-0.4, -0.2) is 190 Å². The molecular weight excluding hydrogens is 614 g/mol. The van der Waals surface area contributed by atoms with Gasteiger partial charge in [0, 0.05) is 31.6 Å². The highest BCUT2D eigenvalue weighted by molar-refractivity contribution is 5.66. The lowest BCUT2D eigenvalue weighted by Gasteiger charge is -2.52. The van der Waals surface area contributed by atoms with Crippen molar-refractivity contribution < 1.29 is 64.6 Å². The molecule has 270 valence electrons. The first-order valence-corrected chi connectivity index (χ1v) is 15.7. The summed E-state index contributed by atoms with van der Waals surface area (Å²) in [6.07, 6.45) is -13.7. The topological polar surface area (TPSA) is 321 Å². The van der Waals surface area contributed by atoms with E-state index >= 15 is 0 Å². The molecule has 2 amide bonds. The van der Waals surface area contributed by atoms with E-state index in [2.05, 4.69) is 16.0 Å². The summed E-state index contributed by atoms with van der Waals surface area (Å²) in [5.41, 5.74) is 16.1. The number of carbonyl (C=O) groups is 1. The number of aliphatic hydroxyl groups excluding tert-OH is 6. The van der Waals surface area contributed by atoms with Gasteiger partial charge in [0.05, 0.1) is 43.1 Å². The van der Waals surface area contributed by atoms with Crippen LogP contribution < -0.4 is 33.2 Å².